The van der Waals surface area contributed by atoms with Gasteiger partial charge in [-0.3, -0.25) is 14.9 Å². The van der Waals surface area contributed by atoms with Crippen LogP contribution in [0, 0.1) is 27.7 Å². The second-order valence-electron chi connectivity index (χ2n) is 4.81. The summed E-state index contributed by atoms with van der Waals surface area (Å²) in [5, 5.41) is 13.4. The van der Waals surface area contributed by atoms with Crippen LogP contribution < -0.4 is 5.32 Å². The first kappa shape index (κ1) is 15.7. The Bertz CT molecular complexity index is 563. The summed E-state index contributed by atoms with van der Waals surface area (Å²) in [4.78, 5) is 21.9. The predicted molar refractivity (Wildman–Crippen MR) is 75.4 cm³/mol. The number of amides is 1. The maximum absolute atomic E-state index is 13.2. The molecule has 0 radical (unpaired) electrons. The Hall–Kier alpha value is -1.70. The van der Waals surface area contributed by atoms with Gasteiger partial charge in [-0.25, -0.2) is 8.78 Å². The van der Waals surface area contributed by atoms with Crippen molar-refractivity contribution in [1.82, 2.24) is 5.32 Å². The molecule has 0 spiro atoms. The lowest BCUT2D eigenvalue weighted by atomic mass is 10.0. The molecule has 0 aliphatic carbocycles. The smallest absolute Gasteiger partial charge is 0.285 e. The van der Waals surface area contributed by atoms with E-state index in [1.807, 2.05) is 11.8 Å². The number of halogens is 2. The van der Waals surface area contributed by atoms with E-state index >= 15 is 0 Å². The number of nitrogens with one attached hydrogen (secondary N) is 1. The molecule has 8 heteroatoms. The largest absolute Gasteiger partial charge is 0.352 e. The predicted octanol–water partition coefficient (Wildman–Crippen LogP) is 2.75. The number of carbonyl (C=O) groups excluding carboxylic acids is 1. The first-order valence-corrected chi connectivity index (χ1v) is 7.64. The molecule has 0 bridgehead atoms. The first-order chi connectivity index (χ1) is 9.99. The lowest BCUT2D eigenvalue weighted by Gasteiger charge is -2.21. The second-order valence-corrected chi connectivity index (χ2v) is 6.03. The van der Waals surface area contributed by atoms with E-state index in [0.717, 1.165) is 24.3 Å². The minimum Gasteiger partial charge on any atom is -0.352 e. The van der Waals surface area contributed by atoms with Gasteiger partial charge in [0.2, 0.25) is 0 Å². The van der Waals surface area contributed by atoms with E-state index in [1.54, 1.807) is 0 Å². The Labute approximate surface area is 124 Å². The second kappa shape index (κ2) is 6.84. The number of carbonyl (C=O) groups is 1. The molecule has 1 aromatic carbocycles. The van der Waals surface area contributed by atoms with Crippen LogP contribution in [-0.2, 0) is 0 Å². The molecule has 1 saturated heterocycles. The summed E-state index contributed by atoms with van der Waals surface area (Å²) in [5.41, 5.74) is -1.19. The van der Waals surface area contributed by atoms with Gasteiger partial charge >= 0.3 is 0 Å². The van der Waals surface area contributed by atoms with Gasteiger partial charge in [-0.05, 0) is 36.3 Å². The van der Waals surface area contributed by atoms with Gasteiger partial charge in [-0.2, -0.15) is 11.8 Å². The number of hydrogen-bond acceptors (Lipinski definition) is 4. The number of rotatable bonds is 4. The number of nitro benzene ring substituents is 1. The SMILES string of the molecule is O=C(NCC1CCSCC1)c1cc(F)c(F)cc1[N+](=O)[O-]. The van der Waals surface area contributed by atoms with Crippen molar-refractivity contribution in [3.63, 3.8) is 0 Å². The van der Waals surface area contributed by atoms with Crippen LogP contribution in [0.5, 0.6) is 0 Å². The number of nitro groups is 1. The minimum absolute atomic E-state index is 0.319. The zero-order valence-electron chi connectivity index (χ0n) is 11.1. The molecule has 2 rings (SSSR count). The Morgan fingerprint density at radius 1 is 1.33 bits per heavy atom. The summed E-state index contributed by atoms with van der Waals surface area (Å²) >= 11 is 1.85. The number of nitrogens with zero attached hydrogens (tertiary/aromatic N) is 1. The van der Waals surface area contributed by atoms with E-state index in [-0.39, 0.29) is 0 Å². The Morgan fingerprint density at radius 3 is 2.57 bits per heavy atom. The Kier molecular flexibility index (Phi) is 5.11. The topological polar surface area (TPSA) is 72.2 Å². The molecular weight excluding hydrogens is 302 g/mol. The van der Waals surface area contributed by atoms with Crippen LogP contribution in [0.25, 0.3) is 0 Å². The minimum atomic E-state index is -1.34. The molecular formula is C13H14F2N2O3S. The van der Waals surface area contributed by atoms with Gasteiger partial charge in [-0.1, -0.05) is 0 Å². The molecule has 0 atom stereocenters. The molecule has 0 aromatic heterocycles. The Morgan fingerprint density at radius 2 is 1.95 bits per heavy atom. The molecule has 5 nitrogen and oxygen atoms in total. The lowest BCUT2D eigenvalue weighted by Crippen LogP contribution is -2.31. The van der Waals surface area contributed by atoms with E-state index in [4.69, 9.17) is 0 Å². The van der Waals surface area contributed by atoms with Crippen LogP contribution in [0.2, 0.25) is 0 Å². The zero-order chi connectivity index (χ0) is 15.4. The van der Waals surface area contributed by atoms with Gasteiger partial charge < -0.3 is 5.32 Å². The van der Waals surface area contributed by atoms with Crippen LogP contribution in [0.4, 0.5) is 14.5 Å². The molecule has 1 fully saturated rings. The normalized spacial score (nSPS) is 15.7. The third-order valence-electron chi connectivity index (χ3n) is 3.37. The molecule has 1 aliphatic heterocycles. The molecule has 114 valence electrons. The van der Waals surface area contributed by atoms with Crippen molar-refractivity contribution in [1.29, 1.82) is 0 Å². The van der Waals surface area contributed by atoms with Crippen molar-refractivity contribution in [3.05, 3.63) is 39.4 Å². The summed E-state index contributed by atoms with van der Waals surface area (Å²) in [5.74, 6) is -1.02. The van der Waals surface area contributed by atoms with Gasteiger partial charge in [0.15, 0.2) is 11.6 Å². The van der Waals surface area contributed by atoms with Gasteiger partial charge in [0.1, 0.15) is 5.56 Å². The number of benzene rings is 1. The number of hydrogen-bond donors (Lipinski definition) is 1. The maximum Gasteiger partial charge on any atom is 0.285 e. The van der Waals surface area contributed by atoms with Crippen molar-refractivity contribution in [2.75, 3.05) is 18.1 Å². The van der Waals surface area contributed by atoms with Crippen LogP contribution in [0.15, 0.2) is 12.1 Å². The van der Waals surface area contributed by atoms with Crippen LogP contribution in [-0.4, -0.2) is 28.9 Å². The third-order valence-corrected chi connectivity index (χ3v) is 4.42. The highest BCUT2D eigenvalue weighted by Crippen LogP contribution is 2.24. The van der Waals surface area contributed by atoms with Crippen molar-refractivity contribution >= 4 is 23.4 Å². The fourth-order valence-corrected chi connectivity index (χ4v) is 3.36. The lowest BCUT2D eigenvalue weighted by molar-refractivity contribution is -0.385. The van der Waals surface area contributed by atoms with E-state index in [9.17, 15) is 23.7 Å². The molecule has 1 aliphatic rings. The summed E-state index contributed by atoms with van der Waals surface area (Å²) in [6, 6.07) is 1.00. The fourth-order valence-electron chi connectivity index (χ4n) is 2.15. The van der Waals surface area contributed by atoms with Gasteiger partial charge in [-0.15, -0.1) is 0 Å². The summed E-state index contributed by atoms with van der Waals surface area (Å²) < 4.78 is 26.2. The molecule has 1 aromatic rings. The molecule has 0 saturated carbocycles. The average molecular weight is 316 g/mol. The summed E-state index contributed by atoms with van der Waals surface area (Å²) in [7, 11) is 0. The van der Waals surface area contributed by atoms with Crippen LogP contribution >= 0.6 is 11.8 Å². The van der Waals surface area contributed by atoms with Crippen molar-refractivity contribution in [2.24, 2.45) is 5.92 Å². The van der Waals surface area contributed by atoms with Crippen molar-refractivity contribution in [3.8, 4) is 0 Å². The van der Waals surface area contributed by atoms with Gasteiger partial charge in [0, 0.05) is 6.54 Å². The molecule has 0 unspecified atom stereocenters. The standard InChI is InChI=1S/C13H14F2N2O3S/c14-10-5-9(12(17(19)20)6-11(10)15)13(18)16-7-8-1-3-21-4-2-8/h5-6,8H,1-4,7H2,(H,16,18). The van der Waals surface area contributed by atoms with Gasteiger partial charge in [0.05, 0.1) is 11.0 Å². The molecule has 1 amide bonds. The summed E-state index contributed by atoms with van der Waals surface area (Å²) in [6.45, 7) is 0.384. The van der Waals surface area contributed by atoms with Crippen LogP contribution in [0.1, 0.15) is 23.2 Å². The van der Waals surface area contributed by atoms with E-state index in [0.29, 0.717) is 24.6 Å². The third kappa shape index (κ3) is 3.90. The van der Waals surface area contributed by atoms with E-state index in [2.05, 4.69) is 5.32 Å². The van der Waals surface area contributed by atoms with E-state index in [1.165, 1.54) is 0 Å². The highest BCUT2D eigenvalue weighted by molar-refractivity contribution is 7.99. The summed E-state index contributed by atoms with van der Waals surface area (Å²) in [6.07, 6.45) is 1.93. The first-order valence-electron chi connectivity index (χ1n) is 6.48. The number of thioether (sulfide) groups is 1. The maximum atomic E-state index is 13.2. The highest BCUT2D eigenvalue weighted by Gasteiger charge is 2.24. The average Bonchev–Trinajstić information content (AvgIpc) is 2.48. The Balaban J connectivity index is 2.10. The zero-order valence-corrected chi connectivity index (χ0v) is 11.9. The highest BCUT2D eigenvalue weighted by atomic mass is 32.2. The molecule has 1 heterocycles. The van der Waals surface area contributed by atoms with E-state index < -0.39 is 33.7 Å². The van der Waals surface area contributed by atoms with Gasteiger partial charge in [0.25, 0.3) is 11.6 Å². The van der Waals surface area contributed by atoms with Crippen LogP contribution in [0.3, 0.4) is 0 Å². The quantitative estimate of drug-likeness (QED) is 0.685. The van der Waals surface area contributed by atoms with Crippen molar-refractivity contribution < 1.29 is 18.5 Å². The van der Waals surface area contributed by atoms with Crippen molar-refractivity contribution in [2.45, 2.75) is 12.8 Å². The molecule has 21 heavy (non-hydrogen) atoms. The fraction of sp³-hybridized carbons (Fsp3) is 0.462. The molecule has 1 N–H and O–H groups in total. The monoisotopic (exact) mass is 316 g/mol.